The van der Waals surface area contributed by atoms with Gasteiger partial charge in [-0.15, -0.1) is 0 Å². The lowest BCUT2D eigenvalue weighted by molar-refractivity contribution is -0.384. The Morgan fingerprint density at radius 3 is 2.42 bits per heavy atom. The molecule has 2 heterocycles. The first-order valence-electron chi connectivity index (χ1n) is 11.6. The number of ether oxygens (including phenoxy) is 3. The number of nitro benzene ring substituents is 1. The van der Waals surface area contributed by atoms with E-state index in [4.69, 9.17) is 14.2 Å². The molecule has 10 nitrogen and oxygen atoms in total. The molecular formula is C25H28N2O8S. The second-order valence-electron chi connectivity index (χ2n) is 8.72. The van der Waals surface area contributed by atoms with Gasteiger partial charge in [-0.25, -0.2) is 12.7 Å². The fourth-order valence-electron chi connectivity index (χ4n) is 4.48. The summed E-state index contributed by atoms with van der Waals surface area (Å²) >= 11 is 0. The highest BCUT2D eigenvalue weighted by atomic mass is 32.2. The molecule has 1 amide bonds. The third kappa shape index (κ3) is 5.81. The zero-order chi connectivity index (χ0) is 25.7. The van der Waals surface area contributed by atoms with E-state index in [1.807, 2.05) is 30.3 Å². The number of carbonyl (C=O) groups excluding carboxylic acids is 1. The summed E-state index contributed by atoms with van der Waals surface area (Å²) in [4.78, 5) is 22.9. The molecule has 36 heavy (non-hydrogen) atoms. The molecule has 0 aliphatic carbocycles. The molecule has 0 saturated carbocycles. The third-order valence-electron chi connectivity index (χ3n) is 6.40. The van der Waals surface area contributed by atoms with Crippen LogP contribution in [0, 0.1) is 22.0 Å². The smallest absolute Gasteiger partial charge is 0.269 e. The van der Waals surface area contributed by atoms with Crippen LogP contribution in [0.4, 0.5) is 5.69 Å². The molecule has 0 spiro atoms. The Balaban J connectivity index is 1.51. The second-order valence-corrected chi connectivity index (χ2v) is 10.6. The summed E-state index contributed by atoms with van der Waals surface area (Å²) in [5, 5.41) is 10.9. The number of non-ortho nitro benzene ring substituents is 1. The Bertz CT molecular complexity index is 1210. The molecular weight excluding hydrogens is 488 g/mol. The van der Waals surface area contributed by atoms with Crippen molar-refractivity contribution in [2.45, 2.75) is 31.1 Å². The summed E-state index contributed by atoms with van der Waals surface area (Å²) in [6.07, 6.45) is 1.31. The van der Waals surface area contributed by atoms with E-state index in [9.17, 15) is 23.3 Å². The summed E-state index contributed by atoms with van der Waals surface area (Å²) in [5.41, 5.74) is 1.54. The van der Waals surface area contributed by atoms with Crippen molar-refractivity contribution in [2.24, 2.45) is 11.8 Å². The molecule has 0 radical (unpaired) electrons. The van der Waals surface area contributed by atoms with E-state index in [1.165, 1.54) is 6.08 Å². The topological polar surface area (TPSA) is 125 Å². The molecule has 192 valence electrons. The summed E-state index contributed by atoms with van der Waals surface area (Å²) in [6.45, 7) is 3.42. The minimum Gasteiger partial charge on any atom is -0.377 e. The zero-order valence-electron chi connectivity index (χ0n) is 19.8. The van der Waals surface area contributed by atoms with Gasteiger partial charge in [0.2, 0.25) is 0 Å². The van der Waals surface area contributed by atoms with Gasteiger partial charge in [-0.2, -0.15) is 0 Å². The second kappa shape index (κ2) is 11.3. The Morgan fingerprint density at radius 1 is 1.11 bits per heavy atom. The number of carbonyl (C=O) groups is 1. The number of benzene rings is 2. The van der Waals surface area contributed by atoms with Crippen molar-refractivity contribution in [3.8, 4) is 0 Å². The molecule has 4 rings (SSSR count). The van der Waals surface area contributed by atoms with Gasteiger partial charge in [0.25, 0.3) is 21.6 Å². The van der Waals surface area contributed by atoms with Crippen LogP contribution in [-0.4, -0.2) is 56.2 Å². The molecule has 0 unspecified atom stereocenters. The largest absolute Gasteiger partial charge is 0.377 e. The van der Waals surface area contributed by atoms with Crippen molar-refractivity contribution in [2.75, 3.05) is 26.4 Å². The van der Waals surface area contributed by atoms with Crippen molar-refractivity contribution >= 4 is 21.6 Å². The lowest BCUT2D eigenvalue weighted by atomic mass is 9.82. The first-order valence-corrected chi connectivity index (χ1v) is 13.1. The SMILES string of the molecule is CC1=CC(=O)N(S(=O)(=O)c2ccc([N+](=O)[O-])cc2)C[C@H]1[C@H](CCOCc1ccccc1)C1OCCO1. The van der Waals surface area contributed by atoms with Crippen LogP contribution in [0.3, 0.4) is 0 Å². The molecule has 1 fully saturated rings. The van der Waals surface area contributed by atoms with Crippen LogP contribution in [0.5, 0.6) is 0 Å². The van der Waals surface area contributed by atoms with Gasteiger partial charge in [0.15, 0.2) is 6.29 Å². The van der Waals surface area contributed by atoms with E-state index in [1.54, 1.807) is 6.92 Å². The molecule has 0 N–H and O–H groups in total. The van der Waals surface area contributed by atoms with Crippen molar-refractivity contribution in [3.63, 3.8) is 0 Å². The fraction of sp³-hybridized carbons (Fsp3) is 0.400. The van der Waals surface area contributed by atoms with Crippen LogP contribution in [-0.2, 0) is 35.6 Å². The number of nitrogens with zero attached hydrogens (tertiary/aromatic N) is 2. The van der Waals surface area contributed by atoms with Crippen molar-refractivity contribution in [1.29, 1.82) is 0 Å². The molecule has 0 bridgehead atoms. The fourth-order valence-corrected chi connectivity index (χ4v) is 5.86. The van der Waals surface area contributed by atoms with Gasteiger partial charge in [0, 0.05) is 43.2 Å². The zero-order valence-corrected chi connectivity index (χ0v) is 20.6. The Labute approximate surface area is 209 Å². The first-order chi connectivity index (χ1) is 17.3. The molecule has 2 aliphatic rings. The number of sulfonamides is 1. The number of rotatable bonds is 10. The quantitative estimate of drug-likeness (QED) is 0.268. The van der Waals surface area contributed by atoms with Crippen molar-refractivity contribution in [3.05, 3.63) is 81.9 Å². The van der Waals surface area contributed by atoms with Gasteiger partial charge >= 0.3 is 0 Å². The summed E-state index contributed by atoms with van der Waals surface area (Å²) in [7, 11) is -4.22. The van der Waals surface area contributed by atoms with Crippen LogP contribution in [0.15, 0.2) is 71.1 Å². The van der Waals surface area contributed by atoms with Gasteiger partial charge in [-0.05, 0) is 31.0 Å². The van der Waals surface area contributed by atoms with Gasteiger partial charge in [-0.1, -0.05) is 35.9 Å². The standard InChI is InChI=1S/C25H28N2O8S/c1-18-15-24(28)26(36(31,32)21-9-7-20(8-10-21)27(29)30)16-23(18)22(25-34-13-14-35-25)11-12-33-17-19-5-3-2-4-6-19/h2-10,15,22-23,25H,11-14,16-17H2,1H3/t22-,23+/m0/s1. The Morgan fingerprint density at radius 2 is 1.78 bits per heavy atom. The van der Waals surface area contributed by atoms with Gasteiger partial charge < -0.3 is 14.2 Å². The highest BCUT2D eigenvalue weighted by molar-refractivity contribution is 7.89. The van der Waals surface area contributed by atoms with E-state index in [0.717, 1.165) is 39.7 Å². The van der Waals surface area contributed by atoms with E-state index in [2.05, 4.69) is 0 Å². The molecule has 2 atom stereocenters. The van der Waals surface area contributed by atoms with Crippen LogP contribution >= 0.6 is 0 Å². The number of nitro groups is 1. The highest BCUT2D eigenvalue weighted by Gasteiger charge is 2.41. The maximum atomic E-state index is 13.3. The monoisotopic (exact) mass is 516 g/mol. The molecule has 0 aromatic heterocycles. The number of amides is 1. The third-order valence-corrected chi connectivity index (χ3v) is 8.18. The summed E-state index contributed by atoms with van der Waals surface area (Å²) in [5.74, 6) is -1.25. The van der Waals surface area contributed by atoms with E-state index < -0.39 is 27.1 Å². The van der Waals surface area contributed by atoms with E-state index in [0.29, 0.717) is 32.8 Å². The molecule has 1 saturated heterocycles. The van der Waals surface area contributed by atoms with Crippen molar-refractivity contribution < 1.29 is 32.3 Å². The van der Waals surface area contributed by atoms with Crippen LogP contribution in [0.25, 0.3) is 0 Å². The average molecular weight is 517 g/mol. The first kappa shape index (κ1) is 26.0. The lowest BCUT2D eigenvalue weighted by Crippen LogP contribution is -2.46. The summed E-state index contributed by atoms with van der Waals surface area (Å²) in [6, 6.07) is 14.2. The Kier molecular flexibility index (Phi) is 8.14. The maximum absolute atomic E-state index is 13.3. The normalized spacial score (nSPS) is 19.8. The number of hydrogen-bond donors (Lipinski definition) is 0. The number of hydrogen-bond acceptors (Lipinski definition) is 8. The molecule has 2 aromatic rings. The molecule has 2 aromatic carbocycles. The van der Waals surface area contributed by atoms with E-state index in [-0.39, 0.29) is 29.0 Å². The molecule has 2 aliphatic heterocycles. The summed E-state index contributed by atoms with van der Waals surface area (Å²) < 4.78 is 44.9. The average Bonchev–Trinajstić information content (AvgIpc) is 3.40. The minimum absolute atomic E-state index is 0.0902. The predicted octanol–water partition coefficient (Wildman–Crippen LogP) is 3.28. The van der Waals surface area contributed by atoms with Crippen molar-refractivity contribution in [1.82, 2.24) is 4.31 Å². The van der Waals surface area contributed by atoms with Crippen LogP contribution < -0.4 is 0 Å². The predicted molar refractivity (Wildman–Crippen MR) is 129 cm³/mol. The van der Waals surface area contributed by atoms with Gasteiger partial charge in [0.1, 0.15) is 0 Å². The maximum Gasteiger partial charge on any atom is 0.269 e. The molecule has 11 heteroatoms. The lowest BCUT2D eigenvalue weighted by Gasteiger charge is -2.37. The van der Waals surface area contributed by atoms with Crippen LogP contribution in [0.2, 0.25) is 0 Å². The van der Waals surface area contributed by atoms with Gasteiger partial charge in [0.05, 0.1) is 29.6 Å². The Hall–Kier alpha value is -3.12. The van der Waals surface area contributed by atoms with Crippen LogP contribution in [0.1, 0.15) is 18.9 Å². The minimum atomic E-state index is -4.22. The van der Waals surface area contributed by atoms with E-state index >= 15 is 0 Å². The highest BCUT2D eigenvalue weighted by Crippen LogP contribution is 2.35. The van der Waals surface area contributed by atoms with Gasteiger partial charge in [-0.3, -0.25) is 14.9 Å².